The molecule has 5 atom stereocenters. The smallest absolute Gasteiger partial charge is 0.309 e. The molecule has 0 radical (unpaired) electrons. The first kappa shape index (κ1) is 15.3. The van der Waals surface area contributed by atoms with Crippen molar-refractivity contribution in [1.29, 1.82) is 0 Å². The summed E-state index contributed by atoms with van der Waals surface area (Å²) in [5.74, 6) is 2.51. The number of unbranched alkanes of at least 4 members (excludes halogenated alkanes) is 1. The molecule has 2 aliphatic carbocycles. The van der Waals surface area contributed by atoms with E-state index in [-0.39, 0.29) is 17.9 Å². The SMILES string of the molecule is CC(=O)OCCCCOC(=O)C1CC2CC1C(C)C2C. The Bertz CT molecular complexity index is 363. The molecule has 0 N–H and O–H groups in total. The highest BCUT2D eigenvalue weighted by molar-refractivity contribution is 5.73. The van der Waals surface area contributed by atoms with Gasteiger partial charge in [0.25, 0.3) is 0 Å². The number of fused-ring (bicyclic) bond motifs is 2. The van der Waals surface area contributed by atoms with Crippen LogP contribution in [0.25, 0.3) is 0 Å². The Hall–Kier alpha value is -1.06. The van der Waals surface area contributed by atoms with E-state index in [1.54, 1.807) is 0 Å². The van der Waals surface area contributed by atoms with E-state index in [0.29, 0.717) is 25.0 Å². The van der Waals surface area contributed by atoms with E-state index >= 15 is 0 Å². The molecule has 2 saturated carbocycles. The van der Waals surface area contributed by atoms with Crippen molar-refractivity contribution in [3.63, 3.8) is 0 Å². The van der Waals surface area contributed by atoms with E-state index in [4.69, 9.17) is 9.47 Å². The van der Waals surface area contributed by atoms with Crippen molar-refractivity contribution >= 4 is 11.9 Å². The van der Waals surface area contributed by atoms with E-state index in [1.165, 1.54) is 13.3 Å². The maximum absolute atomic E-state index is 12.1. The van der Waals surface area contributed by atoms with Gasteiger partial charge in [0, 0.05) is 6.92 Å². The summed E-state index contributed by atoms with van der Waals surface area (Å²) in [6.07, 6.45) is 3.72. The van der Waals surface area contributed by atoms with Gasteiger partial charge in [0.15, 0.2) is 0 Å². The van der Waals surface area contributed by atoms with Crippen LogP contribution in [0.15, 0.2) is 0 Å². The molecule has 2 aliphatic rings. The van der Waals surface area contributed by atoms with Crippen molar-refractivity contribution in [3.05, 3.63) is 0 Å². The fourth-order valence-electron chi connectivity index (χ4n) is 3.91. The predicted molar refractivity (Wildman–Crippen MR) is 74.9 cm³/mol. The fraction of sp³-hybridized carbons (Fsp3) is 0.875. The number of carbonyl (C=O) groups excluding carboxylic acids is 2. The minimum atomic E-state index is -0.257. The third-order valence-corrected chi connectivity index (χ3v) is 5.29. The Morgan fingerprint density at radius 1 is 1.00 bits per heavy atom. The second kappa shape index (κ2) is 6.59. The van der Waals surface area contributed by atoms with Gasteiger partial charge in [-0.2, -0.15) is 0 Å². The standard InChI is InChI=1S/C16H26O4/c1-10-11(2)14-8-13(10)9-15(14)16(18)20-7-5-4-6-19-12(3)17/h10-11,13-15H,4-9H2,1-3H3. The zero-order valence-corrected chi connectivity index (χ0v) is 12.8. The Balaban J connectivity index is 1.63. The third-order valence-electron chi connectivity index (χ3n) is 5.29. The van der Waals surface area contributed by atoms with Crippen LogP contribution in [0.2, 0.25) is 0 Å². The van der Waals surface area contributed by atoms with E-state index in [9.17, 15) is 9.59 Å². The quantitative estimate of drug-likeness (QED) is 0.555. The summed E-state index contributed by atoms with van der Waals surface area (Å²) < 4.78 is 10.2. The van der Waals surface area contributed by atoms with E-state index in [2.05, 4.69) is 13.8 Å². The molecule has 0 saturated heterocycles. The number of esters is 2. The van der Waals surface area contributed by atoms with Crippen LogP contribution in [-0.2, 0) is 19.1 Å². The lowest BCUT2D eigenvalue weighted by molar-refractivity contribution is -0.152. The second-order valence-corrected chi connectivity index (χ2v) is 6.43. The highest BCUT2D eigenvalue weighted by Gasteiger charge is 2.51. The van der Waals surface area contributed by atoms with Crippen molar-refractivity contribution in [2.75, 3.05) is 13.2 Å². The van der Waals surface area contributed by atoms with Gasteiger partial charge in [-0.1, -0.05) is 13.8 Å². The lowest BCUT2D eigenvalue weighted by Crippen LogP contribution is -2.31. The van der Waals surface area contributed by atoms with Crippen LogP contribution in [0.5, 0.6) is 0 Å². The Labute approximate surface area is 121 Å². The molecule has 4 heteroatoms. The molecular formula is C16H26O4. The van der Waals surface area contributed by atoms with Crippen molar-refractivity contribution in [1.82, 2.24) is 0 Å². The molecule has 0 aromatic carbocycles. The Morgan fingerprint density at radius 2 is 1.65 bits per heavy atom. The number of hydrogen-bond acceptors (Lipinski definition) is 4. The van der Waals surface area contributed by atoms with Crippen LogP contribution in [0.3, 0.4) is 0 Å². The van der Waals surface area contributed by atoms with Crippen LogP contribution < -0.4 is 0 Å². The molecule has 2 rings (SSSR count). The van der Waals surface area contributed by atoms with Gasteiger partial charge in [-0.15, -0.1) is 0 Å². The van der Waals surface area contributed by atoms with E-state index < -0.39 is 0 Å². The highest BCUT2D eigenvalue weighted by atomic mass is 16.5. The largest absolute Gasteiger partial charge is 0.466 e. The van der Waals surface area contributed by atoms with Crippen LogP contribution in [0.4, 0.5) is 0 Å². The topological polar surface area (TPSA) is 52.6 Å². The van der Waals surface area contributed by atoms with Gasteiger partial charge in [0.2, 0.25) is 0 Å². The molecule has 2 bridgehead atoms. The Morgan fingerprint density at radius 3 is 2.20 bits per heavy atom. The lowest BCUT2D eigenvalue weighted by atomic mass is 9.76. The molecule has 2 fully saturated rings. The molecule has 5 unspecified atom stereocenters. The number of carbonyl (C=O) groups is 2. The first-order valence-electron chi connectivity index (χ1n) is 7.80. The van der Waals surface area contributed by atoms with E-state index in [1.807, 2.05) is 0 Å². The summed E-state index contributed by atoms with van der Waals surface area (Å²) in [5.41, 5.74) is 0. The van der Waals surface area contributed by atoms with Gasteiger partial charge >= 0.3 is 11.9 Å². The van der Waals surface area contributed by atoms with E-state index in [0.717, 1.165) is 31.1 Å². The van der Waals surface area contributed by atoms with Crippen molar-refractivity contribution in [2.24, 2.45) is 29.6 Å². The number of ether oxygens (including phenoxy) is 2. The van der Waals surface area contributed by atoms with Gasteiger partial charge in [0.05, 0.1) is 19.1 Å². The van der Waals surface area contributed by atoms with Crippen LogP contribution in [0.1, 0.15) is 46.5 Å². The van der Waals surface area contributed by atoms with Crippen molar-refractivity contribution in [2.45, 2.75) is 46.5 Å². The van der Waals surface area contributed by atoms with Gasteiger partial charge in [0.1, 0.15) is 0 Å². The summed E-state index contributed by atoms with van der Waals surface area (Å²) in [4.78, 5) is 22.7. The van der Waals surface area contributed by atoms with Gasteiger partial charge in [-0.3, -0.25) is 9.59 Å². The zero-order valence-electron chi connectivity index (χ0n) is 12.8. The average Bonchev–Trinajstić information content (AvgIpc) is 2.94. The minimum absolute atomic E-state index is 0.0104. The monoisotopic (exact) mass is 282 g/mol. The number of hydrogen-bond donors (Lipinski definition) is 0. The van der Waals surface area contributed by atoms with Crippen LogP contribution in [0, 0.1) is 29.6 Å². The second-order valence-electron chi connectivity index (χ2n) is 6.43. The summed E-state index contributed by atoms with van der Waals surface area (Å²) >= 11 is 0. The van der Waals surface area contributed by atoms with Crippen LogP contribution >= 0.6 is 0 Å². The summed E-state index contributed by atoms with van der Waals surface area (Å²) in [6.45, 7) is 6.84. The predicted octanol–water partition coefficient (Wildman–Crippen LogP) is 2.80. The van der Waals surface area contributed by atoms with Gasteiger partial charge in [-0.25, -0.2) is 0 Å². The zero-order chi connectivity index (χ0) is 14.7. The molecular weight excluding hydrogens is 256 g/mol. The van der Waals surface area contributed by atoms with Gasteiger partial charge in [-0.05, 0) is 49.4 Å². The summed E-state index contributed by atoms with van der Waals surface area (Å²) in [7, 11) is 0. The maximum Gasteiger partial charge on any atom is 0.309 e. The van der Waals surface area contributed by atoms with Crippen molar-refractivity contribution < 1.29 is 19.1 Å². The molecule has 0 spiro atoms. The highest BCUT2D eigenvalue weighted by Crippen LogP contribution is 2.55. The third kappa shape index (κ3) is 3.33. The number of rotatable bonds is 6. The van der Waals surface area contributed by atoms with Crippen LogP contribution in [-0.4, -0.2) is 25.2 Å². The lowest BCUT2D eigenvalue weighted by Gasteiger charge is -2.30. The minimum Gasteiger partial charge on any atom is -0.466 e. The Kier molecular flexibility index (Phi) is 5.06. The molecule has 0 aromatic heterocycles. The molecule has 0 aliphatic heterocycles. The molecule has 4 nitrogen and oxygen atoms in total. The first-order valence-corrected chi connectivity index (χ1v) is 7.80. The average molecular weight is 282 g/mol. The molecule has 0 amide bonds. The first-order chi connectivity index (χ1) is 9.50. The van der Waals surface area contributed by atoms with Gasteiger partial charge < -0.3 is 9.47 Å². The molecule has 0 heterocycles. The molecule has 0 aromatic rings. The van der Waals surface area contributed by atoms with Crippen molar-refractivity contribution in [3.8, 4) is 0 Å². The fourth-order valence-corrected chi connectivity index (χ4v) is 3.91. The normalized spacial score (nSPS) is 35.0. The maximum atomic E-state index is 12.1. The summed E-state index contributed by atoms with van der Waals surface area (Å²) in [5, 5.41) is 0. The molecule has 20 heavy (non-hydrogen) atoms. The molecule has 114 valence electrons. The summed E-state index contributed by atoms with van der Waals surface area (Å²) in [6, 6.07) is 0.